The van der Waals surface area contributed by atoms with Crippen LogP contribution in [-0.4, -0.2) is 9.78 Å². The Morgan fingerprint density at radius 3 is 1.47 bits per heavy atom. The fourth-order valence-electron chi connectivity index (χ4n) is 5.21. The second-order valence-electron chi connectivity index (χ2n) is 9.11. The predicted molar refractivity (Wildman–Crippen MR) is 160 cm³/mol. The smallest absolute Gasteiger partial charge is 0.138 e. The molecular weight excluding hydrogens is 552 g/mol. The summed E-state index contributed by atoms with van der Waals surface area (Å²) in [6.45, 7) is 0. The van der Waals surface area contributed by atoms with E-state index in [1.165, 1.54) is 0 Å². The summed E-state index contributed by atoms with van der Waals surface area (Å²) >= 11 is 10.4. The van der Waals surface area contributed by atoms with Gasteiger partial charge in [0.2, 0.25) is 0 Å². The van der Waals surface area contributed by atoms with E-state index >= 15 is 0 Å². The zero-order chi connectivity index (χ0) is 26.0. The zero-order valence-electron chi connectivity index (χ0n) is 20.5. The topological polar surface area (TPSA) is 17.8 Å². The molecule has 0 saturated carbocycles. The van der Waals surface area contributed by atoms with Gasteiger partial charge in [-0.2, -0.15) is 5.10 Å². The van der Waals surface area contributed by atoms with Gasteiger partial charge in [0.05, 0.1) is 10.2 Å². The first-order chi connectivity index (χ1) is 18.7. The van der Waals surface area contributed by atoms with Crippen LogP contribution < -0.4 is 0 Å². The molecule has 0 saturated heterocycles. The van der Waals surface area contributed by atoms with E-state index in [0.717, 1.165) is 43.7 Å². The molecule has 0 atom stereocenters. The van der Waals surface area contributed by atoms with Crippen molar-refractivity contribution >= 4 is 27.5 Å². The van der Waals surface area contributed by atoms with Crippen molar-refractivity contribution in [2.45, 2.75) is 5.54 Å². The lowest BCUT2D eigenvalue weighted by Crippen LogP contribution is -2.39. The molecule has 0 N–H and O–H groups in total. The molecule has 38 heavy (non-hydrogen) atoms. The lowest BCUT2D eigenvalue weighted by Gasteiger charge is -2.37. The molecule has 1 heterocycles. The summed E-state index contributed by atoms with van der Waals surface area (Å²) in [5.41, 5.74) is 6.41. The Morgan fingerprint density at radius 1 is 0.553 bits per heavy atom. The van der Waals surface area contributed by atoms with E-state index in [1.807, 2.05) is 30.3 Å². The first kappa shape index (κ1) is 24.4. The van der Waals surface area contributed by atoms with Gasteiger partial charge in [-0.05, 0) is 44.8 Å². The van der Waals surface area contributed by atoms with E-state index in [9.17, 15) is 0 Å². The van der Waals surface area contributed by atoms with E-state index < -0.39 is 5.54 Å². The maximum atomic E-state index is 6.44. The Morgan fingerprint density at radius 2 is 1.00 bits per heavy atom. The van der Waals surface area contributed by atoms with Crippen molar-refractivity contribution in [1.29, 1.82) is 0 Å². The Labute approximate surface area is 236 Å². The molecule has 0 amide bonds. The average molecular weight is 576 g/mol. The summed E-state index contributed by atoms with van der Waals surface area (Å²) in [6.07, 6.45) is 0. The third-order valence-corrected chi connectivity index (χ3v) is 7.85. The summed E-state index contributed by atoms with van der Waals surface area (Å²) in [4.78, 5) is 0. The maximum Gasteiger partial charge on any atom is 0.138 e. The van der Waals surface area contributed by atoms with Crippen LogP contribution in [0.1, 0.15) is 16.7 Å². The summed E-state index contributed by atoms with van der Waals surface area (Å²) in [5, 5.41) is 6.08. The van der Waals surface area contributed by atoms with Crippen LogP contribution in [-0.2, 0) is 5.54 Å². The molecule has 0 aliphatic heterocycles. The van der Waals surface area contributed by atoms with E-state index in [4.69, 9.17) is 16.7 Å². The highest BCUT2D eigenvalue weighted by molar-refractivity contribution is 9.10. The van der Waals surface area contributed by atoms with Gasteiger partial charge in [0, 0.05) is 16.1 Å². The van der Waals surface area contributed by atoms with E-state index in [2.05, 4.69) is 136 Å². The fraction of sp³-hybridized carbons (Fsp3) is 0.0294. The molecule has 6 aromatic rings. The van der Waals surface area contributed by atoms with Gasteiger partial charge in [-0.15, -0.1) is 0 Å². The monoisotopic (exact) mass is 574 g/mol. The number of hydrogen-bond acceptors (Lipinski definition) is 1. The SMILES string of the molecule is Clc1cccc(-c2nn(C(c3ccccc3)(c3ccccc3)c3ccccc3)c(-c3ccccc3)c2Br)c1. The van der Waals surface area contributed by atoms with Gasteiger partial charge in [-0.3, -0.25) is 0 Å². The van der Waals surface area contributed by atoms with Gasteiger partial charge < -0.3 is 0 Å². The van der Waals surface area contributed by atoms with E-state index in [1.54, 1.807) is 0 Å². The van der Waals surface area contributed by atoms with E-state index in [0.29, 0.717) is 5.02 Å². The summed E-state index contributed by atoms with van der Waals surface area (Å²) in [6, 6.07) is 50.1. The molecule has 2 nitrogen and oxygen atoms in total. The summed E-state index contributed by atoms with van der Waals surface area (Å²) in [5.74, 6) is 0. The molecule has 0 spiro atoms. The predicted octanol–water partition coefficient (Wildman–Crippen LogP) is 9.47. The molecule has 0 radical (unpaired) electrons. The number of nitrogens with zero attached hydrogens (tertiary/aromatic N) is 2. The number of rotatable bonds is 6. The number of halogens is 2. The highest BCUT2D eigenvalue weighted by Gasteiger charge is 2.42. The van der Waals surface area contributed by atoms with Crippen molar-refractivity contribution in [3.63, 3.8) is 0 Å². The van der Waals surface area contributed by atoms with Crippen molar-refractivity contribution in [3.8, 4) is 22.5 Å². The Balaban J connectivity index is 1.80. The van der Waals surface area contributed by atoms with Crippen molar-refractivity contribution in [1.82, 2.24) is 9.78 Å². The fourth-order valence-corrected chi connectivity index (χ4v) is 6.11. The molecule has 184 valence electrons. The summed E-state index contributed by atoms with van der Waals surface area (Å²) in [7, 11) is 0. The molecular formula is C34H24BrClN2. The maximum absolute atomic E-state index is 6.44. The quantitative estimate of drug-likeness (QED) is 0.181. The Bertz CT molecular complexity index is 1570. The third kappa shape index (κ3) is 4.18. The third-order valence-electron chi connectivity index (χ3n) is 6.87. The van der Waals surface area contributed by atoms with Gasteiger partial charge in [-0.25, -0.2) is 4.68 Å². The number of benzene rings is 5. The lowest BCUT2D eigenvalue weighted by molar-refractivity contribution is 0.466. The second-order valence-corrected chi connectivity index (χ2v) is 10.3. The van der Waals surface area contributed by atoms with Gasteiger partial charge >= 0.3 is 0 Å². The minimum Gasteiger partial charge on any atom is -0.243 e. The Kier molecular flexibility index (Phi) is 6.71. The van der Waals surface area contributed by atoms with Crippen LogP contribution >= 0.6 is 27.5 Å². The van der Waals surface area contributed by atoms with Crippen molar-refractivity contribution < 1.29 is 0 Å². The largest absolute Gasteiger partial charge is 0.243 e. The first-order valence-corrected chi connectivity index (χ1v) is 13.6. The van der Waals surface area contributed by atoms with Crippen molar-refractivity contribution in [2.75, 3.05) is 0 Å². The van der Waals surface area contributed by atoms with Crippen LogP contribution in [0.3, 0.4) is 0 Å². The molecule has 0 aliphatic carbocycles. The molecule has 5 aromatic carbocycles. The van der Waals surface area contributed by atoms with Gasteiger partial charge in [0.1, 0.15) is 11.2 Å². The van der Waals surface area contributed by atoms with Crippen LogP contribution in [0.2, 0.25) is 5.02 Å². The highest BCUT2D eigenvalue weighted by atomic mass is 79.9. The van der Waals surface area contributed by atoms with Crippen LogP contribution in [0.4, 0.5) is 0 Å². The van der Waals surface area contributed by atoms with Crippen molar-refractivity contribution in [3.05, 3.63) is 172 Å². The lowest BCUT2D eigenvalue weighted by atomic mass is 9.76. The van der Waals surface area contributed by atoms with Crippen LogP contribution in [0.25, 0.3) is 22.5 Å². The normalized spacial score (nSPS) is 11.4. The molecule has 4 heteroatoms. The number of aromatic nitrogens is 2. The second kappa shape index (κ2) is 10.4. The van der Waals surface area contributed by atoms with E-state index in [-0.39, 0.29) is 0 Å². The average Bonchev–Trinajstić information content (AvgIpc) is 3.33. The minimum absolute atomic E-state index is 0.672. The van der Waals surface area contributed by atoms with Gasteiger partial charge in [0.25, 0.3) is 0 Å². The zero-order valence-corrected chi connectivity index (χ0v) is 22.8. The molecule has 0 bridgehead atoms. The summed E-state index contributed by atoms with van der Waals surface area (Å²) < 4.78 is 3.10. The van der Waals surface area contributed by atoms with Crippen LogP contribution in [0.5, 0.6) is 0 Å². The molecule has 1 aromatic heterocycles. The van der Waals surface area contributed by atoms with Crippen LogP contribution in [0.15, 0.2) is 150 Å². The first-order valence-electron chi connectivity index (χ1n) is 12.5. The van der Waals surface area contributed by atoms with Gasteiger partial charge in [0.15, 0.2) is 0 Å². The Hall–Kier alpha value is -3.92. The highest BCUT2D eigenvalue weighted by Crippen LogP contribution is 2.47. The molecule has 0 unspecified atom stereocenters. The molecule has 0 aliphatic rings. The standard InChI is InChI=1S/C34H24BrClN2/c35-31-32(26-16-13-23-30(36)24-26)37-38(33(31)25-14-5-1-6-15-25)34(27-17-7-2-8-18-27,28-19-9-3-10-20-28)29-21-11-4-12-22-29/h1-24H. The van der Waals surface area contributed by atoms with Gasteiger partial charge in [-0.1, -0.05) is 145 Å². The minimum atomic E-state index is -0.756. The number of hydrogen-bond donors (Lipinski definition) is 0. The van der Waals surface area contributed by atoms with Crippen molar-refractivity contribution in [2.24, 2.45) is 0 Å². The molecule has 6 rings (SSSR count). The molecule has 0 fully saturated rings. The van der Waals surface area contributed by atoms with Crippen LogP contribution in [0, 0.1) is 0 Å².